The van der Waals surface area contributed by atoms with Crippen molar-refractivity contribution in [1.82, 2.24) is 15.0 Å². The summed E-state index contributed by atoms with van der Waals surface area (Å²) in [5.74, 6) is 3.03. The number of hydrogen-bond donors (Lipinski definition) is 1. The number of terminal acetylenes is 1. The second kappa shape index (κ2) is 4.34. The van der Waals surface area contributed by atoms with E-state index in [-0.39, 0.29) is 0 Å². The van der Waals surface area contributed by atoms with Gasteiger partial charge in [-0.2, -0.15) is 0 Å². The Labute approximate surface area is 114 Å². The van der Waals surface area contributed by atoms with Gasteiger partial charge in [-0.25, -0.2) is 15.0 Å². The number of fused-ring (bicyclic) bond motifs is 1. The van der Waals surface area contributed by atoms with Crippen molar-refractivity contribution in [3.63, 3.8) is 0 Å². The first-order valence-corrected chi connectivity index (χ1v) is 6.45. The highest BCUT2D eigenvalue weighted by Gasteiger charge is 2.12. The van der Waals surface area contributed by atoms with Crippen LogP contribution in [0.3, 0.4) is 0 Å². The molecule has 0 unspecified atom stereocenters. The summed E-state index contributed by atoms with van der Waals surface area (Å²) in [6.45, 7) is 2.02. The van der Waals surface area contributed by atoms with Crippen LogP contribution < -0.4 is 5.73 Å². The Hall–Kier alpha value is -2.45. The predicted octanol–water partition coefficient (Wildman–Crippen LogP) is 2.63. The van der Waals surface area contributed by atoms with Gasteiger partial charge in [0.05, 0.1) is 0 Å². The van der Waals surface area contributed by atoms with Gasteiger partial charge in [0.1, 0.15) is 21.7 Å². The zero-order chi connectivity index (χ0) is 13.4. The Balaban J connectivity index is 2.25. The highest BCUT2D eigenvalue weighted by Crippen LogP contribution is 2.32. The van der Waals surface area contributed by atoms with Crippen molar-refractivity contribution < 1.29 is 0 Å². The van der Waals surface area contributed by atoms with Crippen LogP contribution in [0.5, 0.6) is 0 Å². The average Bonchev–Trinajstić information content (AvgIpc) is 2.84. The van der Waals surface area contributed by atoms with E-state index in [1.54, 1.807) is 0 Å². The average molecular weight is 266 g/mol. The fourth-order valence-electron chi connectivity index (χ4n) is 1.83. The van der Waals surface area contributed by atoms with Gasteiger partial charge < -0.3 is 5.73 Å². The molecule has 0 radical (unpaired) electrons. The van der Waals surface area contributed by atoms with E-state index in [9.17, 15) is 0 Å². The van der Waals surface area contributed by atoms with Gasteiger partial charge in [0.2, 0.25) is 0 Å². The van der Waals surface area contributed by atoms with E-state index in [1.807, 2.05) is 25.1 Å². The number of benzene rings is 1. The van der Waals surface area contributed by atoms with Crippen LogP contribution >= 0.6 is 11.3 Å². The lowest BCUT2D eigenvalue weighted by atomic mass is 10.1. The number of nitrogens with two attached hydrogens (primary N) is 1. The van der Waals surface area contributed by atoms with Gasteiger partial charge in [-0.1, -0.05) is 23.3 Å². The molecule has 0 aliphatic heterocycles. The molecule has 92 valence electrons. The van der Waals surface area contributed by atoms with Crippen molar-refractivity contribution in [2.24, 2.45) is 0 Å². The normalized spacial score (nSPS) is 10.5. The lowest BCUT2D eigenvalue weighted by Gasteiger charge is -2.02. The molecule has 2 N–H and O–H groups in total. The zero-order valence-corrected chi connectivity index (χ0v) is 11.0. The van der Waals surface area contributed by atoms with Crippen LogP contribution in [0.4, 0.5) is 5.82 Å². The first-order chi connectivity index (χ1) is 9.19. The third kappa shape index (κ3) is 1.92. The summed E-state index contributed by atoms with van der Waals surface area (Å²) >= 11 is 1.49. The maximum atomic E-state index is 5.80. The molecular weight excluding hydrogens is 256 g/mol. The predicted molar refractivity (Wildman–Crippen MR) is 77.7 cm³/mol. The maximum absolute atomic E-state index is 5.80. The molecule has 0 atom stereocenters. The molecule has 0 saturated heterocycles. The summed E-state index contributed by atoms with van der Waals surface area (Å²) in [5, 5.41) is 0.858. The molecule has 0 aliphatic rings. The van der Waals surface area contributed by atoms with Crippen LogP contribution in [0.15, 0.2) is 24.5 Å². The van der Waals surface area contributed by atoms with Gasteiger partial charge in [-0.3, -0.25) is 0 Å². The quantitative estimate of drug-likeness (QED) is 0.688. The van der Waals surface area contributed by atoms with Crippen LogP contribution in [0.1, 0.15) is 11.1 Å². The molecule has 0 spiro atoms. The van der Waals surface area contributed by atoms with Gasteiger partial charge >= 0.3 is 0 Å². The first-order valence-electron chi connectivity index (χ1n) is 5.63. The van der Waals surface area contributed by atoms with Crippen molar-refractivity contribution in [3.8, 4) is 22.9 Å². The molecular formula is C14H10N4S. The summed E-state index contributed by atoms with van der Waals surface area (Å²) in [7, 11) is 0. The van der Waals surface area contributed by atoms with Crippen LogP contribution in [0.2, 0.25) is 0 Å². The van der Waals surface area contributed by atoms with Crippen LogP contribution in [-0.4, -0.2) is 15.0 Å². The third-order valence-corrected chi connectivity index (χ3v) is 3.86. The van der Waals surface area contributed by atoms with Gasteiger partial charge in [-0.05, 0) is 24.6 Å². The summed E-state index contributed by atoms with van der Waals surface area (Å²) < 4.78 is 0. The largest absolute Gasteiger partial charge is 0.382 e. The minimum atomic E-state index is 0.401. The SMILES string of the molecule is C#Cc1ccc(C)c(-c2nc3c(N)ncnc3s2)c1. The Morgan fingerprint density at radius 1 is 1.32 bits per heavy atom. The van der Waals surface area contributed by atoms with Crippen molar-refractivity contribution >= 4 is 27.5 Å². The number of rotatable bonds is 1. The minimum Gasteiger partial charge on any atom is -0.382 e. The van der Waals surface area contributed by atoms with Gasteiger partial charge in [0.25, 0.3) is 0 Å². The van der Waals surface area contributed by atoms with E-state index in [2.05, 4.69) is 20.9 Å². The van der Waals surface area contributed by atoms with E-state index in [0.29, 0.717) is 11.3 Å². The maximum Gasteiger partial charge on any atom is 0.154 e. The van der Waals surface area contributed by atoms with Crippen molar-refractivity contribution in [1.29, 1.82) is 0 Å². The molecule has 1 aromatic carbocycles. The smallest absolute Gasteiger partial charge is 0.154 e. The lowest BCUT2D eigenvalue weighted by Crippen LogP contribution is -1.91. The molecule has 0 fully saturated rings. The second-order valence-electron chi connectivity index (χ2n) is 4.11. The van der Waals surface area contributed by atoms with Crippen molar-refractivity contribution in [3.05, 3.63) is 35.7 Å². The van der Waals surface area contributed by atoms with Crippen LogP contribution in [-0.2, 0) is 0 Å². The van der Waals surface area contributed by atoms with E-state index in [4.69, 9.17) is 12.2 Å². The first kappa shape index (κ1) is 11.6. The number of thiazole rings is 1. The van der Waals surface area contributed by atoms with Crippen molar-refractivity contribution in [2.75, 3.05) is 5.73 Å². The number of anilines is 1. The Morgan fingerprint density at radius 2 is 2.16 bits per heavy atom. The number of nitrogens with zero attached hydrogens (tertiary/aromatic N) is 3. The molecule has 2 aromatic heterocycles. The van der Waals surface area contributed by atoms with Gasteiger partial charge in [0.15, 0.2) is 5.82 Å². The molecule has 0 saturated carbocycles. The Morgan fingerprint density at radius 3 is 2.89 bits per heavy atom. The number of aromatic nitrogens is 3. The fourth-order valence-corrected chi connectivity index (χ4v) is 2.83. The van der Waals surface area contributed by atoms with E-state index in [1.165, 1.54) is 17.7 Å². The van der Waals surface area contributed by atoms with Gasteiger partial charge in [0, 0.05) is 11.1 Å². The molecule has 5 heteroatoms. The summed E-state index contributed by atoms with van der Waals surface area (Å²) in [5.41, 5.74) is 9.41. The highest BCUT2D eigenvalue weighted by atomic mass is 32.1. The number of aryl methyl sites for hydroxylation is 1. The summed E-state index contributed by atoms with van der Waals surface area (Å²) in [6.07, 6.45) is 6.89. The van der Waals surface area contributed by atoms with E-state index in [0.717, 1.165) is 26.5 Å². The number of nitrogen functional groups attached to an aromatic ring is 1. The molecule has 0 amide bonds. The Kier molecular flexibility index (Phi) is 2.65. The van der Waals surface area contributed by atoms with Crippen LogP contribution in [0, 0.1) is 19.3 Å². The highest BCUT2D eigenvalue weighted by molar-refractivity contribution is 7.21. The van der Waals surface area contributed by atoms with E-state index < -0.39 is 0 Å². The van der Waals surface area contributed by atoms with Crippen molar-refractivity contribution in [2.45, 2.75) is 6.92 Å². The third-order valence-electron chi connectivity index (χ3n) is 2.86. The molecule has 19 heavy (non-hydrogen) atoms. The minimum absolute atomic E-state index is 0.401. The fraction of sp³-hybridized carbons (Fsp3) is 0.0714. The Bertz CT molecular complexity index is 814. The standard InChI is InChI=1S/C14H10N4S/c1-3-9-5-4-8(2)10(6-9)13-18-11-12(15)16-7-17-14(11)19-13/h1,4-7H,2H3,(H2,15,16,17). The molecule has 0 bridgehead atoms. The molecule has 2 heterocycles. The molecule has 3 aromatic rings. The summed E-state index contributed by atoms with van der Waals surface area (Å²) in [4.78, 5) is 13.4. The van der Waals surface area contributed by atoms with Crippen LogP contribution in [0.25, 0.3) is 20.9 Å². The molecule has 3 rings (SSSR count). The second-order valence-corrected chi connectivity index (χ2v) is 5.08. The monoisotopic (exact) mass is 266 g/mol. The lowest BCUT2D eigenvalue weighted by molar-refractivity contribution is 1.23. The number of hydrogen-bond acceptors (Lipinski definition) is 5. The molecule has 4 nitrogen and oxygen atoms in total. The summed E-state index contributed by atoms with van der Waals surface area (Å²) in [6, 6.07) is 5.86. The van der Waals surface area contributed by atoms with Gasteiger partial charge in [-0.15, -0.1) is 6.42 Å². The molecule has 0 aliphatic carbocycles. The zero-order valence-electron chi connectivity index (χ0n) is 10.2. The van der Waals surface area contributed by atoms with E-state index >= 15 is 0 Å². The topological polar surface area (TPSA) is 64.7 Å².